The zero-order chi connectivity index (χ0) is 15.3. The minimum absolute atomic E-state index is 0.139. The van der Waals surface area contributed by atoms with Gasteiger partial charge < -0.3 is 9.73 Å². The molecular weight excluding hydrogens is 248 g/mol. The summed E-state index contributed by atoms with van der Waals surface area (Å²) in [4.78, 5) is 2.36. The third-order valence-corrected chi connectivity index (χ3v) is 3.50. The summed E-state index contributed by atoms with van der Waals surface area (Å²) in [7, 11) is 2.17. The molecule has 0 aliphatic carbocycles. The summed E-state index contributed by atoms with van der Waals surface area (Å²) in [6, 6.07) is 2.74. The maximum absolute atomic E-state index is 5.67. The van der Waals surface area contributed by atoms with Gasteiger partial charge in [0.2, 0.25) is 0 Å². The molecular formula is C17H32N2O. The van der Waals surface area contributed by atoms with Crippen LogP contribution in [0.25, 0.3) is 0 Å². The molecule has 1 unspecified atom stereocenters. The first kappa shape index (κ1) is 17.3. The SMILES string of the molecule is CC(C)CC(C)N(C)Cc1cc(CNC(C)(C)C)co1. The van der Waals surface area contributed by atoms with E-state index in [4.69, 9.17) is 4.42 Å². The molecule has 0 aliphatic rings. The molecule has 0 aliphatic heterocycles. The molecule has 3 heteroatoms. The molecule has 1 atom stereocenters. The van der Waals surface area contributed by atoms with Crippen LogP contribution in [0.3, 0.4) is 0 Å². The molecule has 1 heterocycles. The number of hydrogen-bond acceptors (Lipinski definition) is 3. The van der Waals surface area contributed by atoms with E-state index >= 15 is 0 Å². The maximum atomic E-state index is 5.67. The van der Waals surface area contributed by atoms with Crippen LogP contribution in [0.15, 0.2) is 16.7 Å². The minimum Gasteiger partial charge on any atom is -0.468 e. The van der Waals surface area contributed by atoms with Crippen LogP contribution >= 0.6 is 0 Å². The van der Waals surface area contributed by atoms with Gasteiger partial charge in [0.1, 0.15) is 5.76 Å². The summed E-state index contributed by atoms with van der Waals surface area (Å²) >= 11 is 0. The van der Waals surface area contributed by atoms with Crippen molar-refractivity contribution in [3.8, 4) is 0 Å². The average Bonchev–Trinajstić information content (AvgIpc) is 2.72. The van der Waals surface area contributed by atoms with Crippen LogP contribution in [0.1, 0.15) is 59.3 Å². The van der Waals surface area contributed by atoms with Gasteiger partial charge >= 0.3 is 0 Å². The fraction of sp³-hybridized carbons (Fsp3) is 0.765. The second-order valence-electron chi connectivity index (χ2n) is 7.42. The summed E-state index contributed by atoms with van der Waals surface area (Å²) in [6.07, 6.45) is 3.09. The summed E-state index contributed by atoms with van der Waals surface area (Å²) in [5.74, 6) is 1.78. The summed E-state index contributed by atoms with van der Waals surface area (Å²) in [5.41, 5.74) is 1.36. The number of rotatable bonds is 7. The Balaban J connectivity index is 2.47. The zero-order valence-corrected chi connectivity index (χ0v) is 14.3. The van der Waals surface area contributed by atoms with Crippen molar-refractivity contribution in [2.24, 2.45) is 5.92 Å². The van der Waals surface area contributed by atoms with Gasteiger partial charge in [-0.25, -0.2) is 0 Å². The van der Waals surface area contributed by atoms with Gasteiger partial charge in [0.15, 0.2) is 0 Å². The Morgan fingerprint density at radius 1 is 1.25 bits per heavy atom. The lowest BCUT2D eigenvalue weighted by molar-refractivity contribution is 0.205. The van der Waals surface area contributed by atoms with Crippen molar-refractivity contribution in [2.45, 2.75) is 72.6 Å². The van der Waals surface area contributed by atoms with E-state index in [9.17, 15) is 0 Å². The van der Waals surface area contributed by atoms with E-state index in [2.05, 4.69) is 64.9 Å². The van der Waals surface area contributed by atoms with Crippen molar-refractivity contribution >= 4 is 0 Å². The molecule has 0 saturated carbocycles. The number of nitrogens with one attached hydrogen (secondary N) is 1. The van der Waals surface area contributed by atoms with E-state index in [0.717, 1.165) is 24.8 Å². The first-order chi connectivity index (χ1) is 9.17. The van der Waals surface area contributed by atoms with Gasteiger partial charge in [-0.05, 0) is 53.1 Å². The van der Waals surface area contributed by atoms with Gasteiger partial charge in [0.05, 0.1) is 12.8 Å². The predicted molar refractivity (Wildman–Crippen MR) is 85.7 cm³/mol. The van der Waals surface area contributed by atoms with Gasteiger partial charge in [-0.15, -0.1) is 0 Å². The van der Waals surface area contributed by atoms with Crippen molar-refractivity contribution < 1.29 is 4.42 Å². The van der Waals surface area contributed by atoms with E-state index in [1.54, 1.807) is 0 Å². The van der Waals surface area contributed by atoms with Crippen LogP contribution in [0.5, 0.6) is 0 Å². The van der Waals surface area contributed by atoms with Gasteiger partial charge in [-0.3, -0.25) is 4.90 Å². The Kier molecular flexibility index (Phi) is 6.28. The van der Waals surface area contributed by atoms with E-state index in [1.807, 2.05) is 6.26 Å². The average molecular weight is 280 g/mol. The topological polar surface area (TPSA) is 28.4 Å². The van der Waals surface area contributed by atoms with Crippen LogP contribution in [0.4, 0.5) is 0 Å². The first-order valence-electron chi connectivity index (χ1n) is 7.69. The molecule has 0 radical (unpaired) electrons. The summed E-state index contributed by atoms with van der Waals surface area (Å²) in [5, 5.41) is 3.48. The third-order valence-electron chi connectivity index (χ3n) is 3.50. The van der Waals surface area contributed by atoms with Crippen LogP contribution in [-0.4, -0.2) is 23.5 Å². The van der Waals surface area contributed by atoms with Crippen molar-refractivity contribution in [2.75, 3.05) is 7.05 Å². The van der Waals surface area contributed by atoms with Crippen LogP contribution in [0.2, 0.25) is 0 Å². The molecule has 0 amide bonds. The molecule has 1 rings (SSSR count). The van der Waals surface area contributed by atoms with Gasteiger partial charge in [-0.1, -0.05) is 13.8 Å². The second kappa shape index (κ2) is 7.28. The molecule has 3 nitrogen and oxygen atoms in total. The second-order valence-corrected chi connectivity index (χ2v) is 7.42. The highest BCUT2D eigenvalue weighted by Crippen LogP contribution is 2.15. The Morgan fingerprint density at radius 2 is 1.90 bits per heavy atom. The Morgan fingerprint density at radius 3 is 2.45 bits per heavy atom. The van der Waals surface area contributed by atoms with Gasteiger partial charge in [-0.2, -0.15) is 0 Å². The lowest BCUT2D eigenvalue weighted by Gasteiger charge is -2.25. The van der Waals surface area contributed by atoms with Crippen molar-refractivity contribution in [3.63, 3.8) is 0 Å². The predicted octanol–water partition coefficient (Wildman–Crippen LogP) is 4.03. The lowest BCUT2D eigenvalue weighted by Crippen LogP contribution is -2.34. The molecule has 0 saturated heterocycles. The minimum atomic E-state index is 0.139. The maximum Gasteiger partial charge on any atom is 0.118 e. The molecule has 0 aromatic carbocycles. The van der Waals surface area contributed by atoms with E-state index in [0.29, 0.717) is 6.04 Å². The van der Waals surface area contributed by atoms with Crippen molar-refractivity contribution in [3.05, 3.63) is 23.7 Å². The monoisotopic (exact) mass is 280 g/mol. The van der Waals surface area contributed by atoms with E-state index < -0.39 is 0 Å². The molecule has 0 fully saturated rings. The Hall–Kier alpha value is -0.800. The number of furan rings is 1. The van der Waals surface area contributed by atoms with Crippen molar-refractivity contribution in [1.29, 1.82) is 0 Å². The standard InChI is InChI=1S/C17H32N2O/c1-13(2)8-14(3)19(7)11-16-9-15(12-20-16)10-18-17(4,5)6/h9,12-14,18H,8,10-11H2,1-7H3. The van der Waals surface area contributed by atoms with Crippen molar-refractivity contribution in [1.82, 2.24) is 10.2 Å². The van der Waals surface area contributed by atoms with Crippen LogP contribution in [0, 0.1) is 5.92 Å². The summed E-state index contributed by atoms with van der Waals surface area (Å²) in [6.45, 7) is 15.1. The number of nitrogens with zero attached hydrogens (tertiary/aromatic N) is 1. The molecule has 1 aromatic rings. The molecule has 0 bridgehead atoms. The highest BCUT2D eigenvalue weighted by atomic mass is 16.3. The van der Waals surface area contributed by atoms with Crippen LogP contribution in [-0.2, 0) is 13.1 Å². The first-order valence-corrected chi connectivity index (χ1v) is 7.69. The fourth-order valence-electron chi connectivity index (χ4n) is 2.23. The highest BCUT2D eigenvalue weighted by Gasteiger charge is 2.14. The quantitative estimate of drug-likeness (QED) is 0.817. The van der Waals surface area contributed by atoms with E-state index in [1.165, 1.54) is 12.0 Å². The molecule has 1 N–H and O–H groups in total. The smallest absolute Gasteiger partial charge is 0.118 e. The normalized spacial score (nSPS) is 14.2. The zero-order valence-electron chi connectivity index (χ0n) is 14.3. The molecule has 20 heavy (non-hydrogen) atoms. The van der Waals surface area contributed by atoms with E-state index in [-0.39, 0.29) is 5.54 Å². The number of hydrogen-bond donors (Lipinski definition) is 1. The Labute approximate surface area is 124 Å². The summed E-state index contributed by atoms with van der Waals surface area (Å²) < 4.78 is 5.67. The Bertz CT molecular complexity index is 390. The third kappa shape index (κ3) is 6.58. The van der Waals surface area contributed by atoms with Crippen LogP contribution < -0.4 is 5.32 Å². The van der Waals surface area contributed by atoms with Gasteiger partial charge in [0, 0.05) is 23.7 Å². The molecule has 1 aromatic heterocycles. The molecule has 0 spiro atoms. The van der Waals surface area contributed by atoms with Gasteiger partial charge in [0.25, 0.3) is 0 Å². The molecule has 116 valence electrons. The fourth-order valence-corrected chi connectivity index (χ4v) is 2.23. The lowest BCUT2D eigenvalue weighted by atomic mass is 10.0. The largest absolute Gasteiger partial charge is 0.468 e. The highest BCUT2D eigenvalue weighted by molar-refractivity contribution is 5.13.